The molecule has 0 heterocycles. The summed E-state index contributed by atoms with van der Waals surface area (Å²) in [6.45, 7) is 3.38. The maximum absolute atomic E-state index is 13.1. The first-order valence-electron chi connectivity index (χ1n) is 15.6. The van der Waals surface area contributed by atoms with E-state index >= 15 is 0 Å². The molecule has 6 rings (SSSR count). The normalized spacial score (nSPS) is 10.2. The van der Waals surface area contributed by atoms with Gasteiger partial charge in [0.15, 0.2) is 11.6 Å². The summed E-state index contributed by atoms with van der Waals surface area (Å²) in [5.74, 6) is -4.45. The third-order valence-electron chi connectivity index (χ3n) is 7.29. The van der Waals surface area contributed by atoms with Gasteiger partial charge in [0.05, 0.1) is 12.8 Å². The molecule has 0 bridgehead atoms. The first-order valence-corrected chi connectivity index (χ1v) is 15.6. The van der Waals surface area contributed by atoms with Gasteiger partial charge in [0.1, 0.15) is 29.0 Å². The van der Waals surface area contributed by atoms with E-state index in [4.69, 9.17) is 14.9 Å². The number of phenols is 1. The van der Waals surface area contributed by atoms with Crippen molar-refractivity contribution in [1.82, 2.24) is 0 Å². The first-order chi connectivity index (χ1) is 24.9. The second-order valence-electron chi connectivity index (χ2n) is 11.1. The van der Waals surface area contributed by atoms with Crippen LogP contribution in [0, 0.1) is 29.1 Å². The lowest BCUT2D eigenvalue weighted by molar-refractivity contribution is -0.136. The molecule has 6 aromatic carbocycles. The highest BCUT2D eigenvalue weighted by Gasteiger charge is 2.10. The van der Waals surface area contributed by atoms with Gasteiger partial charge in [0, 0.05) is 11.6 Å². The zero-order chi connectivity index (χ0) is 37.6. The topological polar surface area (TPSA) is 83.8 Å². The molecule has 264 valence electrons. The molecule has 2 N–H and O–H groups in total. The molecule has 0 spiro atoms. The van der Waals surface area contributed by atoms with Crippen LogP contribution in [0.4, 0.5) is 22.0 Å². The van der Waals surface area contributed by atoms with Crippen molar-refractivity contribution in [2.45, 2.75) is 12.8 Å². The van der Waals surface area contributed by atoms with Gasteiger partial charge in [0.25, 0.3) is 0 Å². The summed E-state index contributed by atoms with van der Waals surface area (Å²) in [6, 6.07) is 33.4. The van der Waals surface area contributed by atoms with Crippen LogP contribution in [-0.4, -0.2) is 22.2 Å². The average Bonchev–Trinajstić information content (AvgIpc) is 3.13. The van der Waals surface area contributed by atoms with Crippen LogP contribution in [0.3, 0.4) is 0 Å². The van der Waals surface area contributed by atoms with Gasteiger partial charge in [-0.1, -0.05) is 85.5 Å². The van der Waals surface area contributed by atoms with Crippen molar-refractivity contribution in [2.75, 3.05) is 0 Å². The number of hydrogen-bond donors (Lipinski definition) is 2. The number of aromatic hydroxyl groups is 1. The minimum atomic E-state index is -1.08. The van der Waals surface area contributed by atoms with Gasteiger partial charge in [-0.15, -0.1) is 0 Å². The second-order valence-corrected chi connectivity index (χ2v) is 11.1. The van der Waals surface area contributed by atoms with Gasteiger partial charge >= 0.3 is 11.9 Å². The summed E-state index contributed by atoms with van der Waals surface area (Å²) < 4.78 is 69.2. The third kappa shape index (κ3) is 11.8. The highest BCUT2D eigenvalue weighted by Crippen LogP contribution is 2.22. The smallest absolute Gasteiger partial charge is 0.315 e. The lowest BCUT2D eigenvalue weighted by Gasteiger charge is -2.06. The van der Waals surface area contributed by atoms with Crippen LogP contribution in [0.25, 0.3) is 28.3 Å². The monoisotopic (exact) mass is 710 g/mol. The number of carbonyl (C=O) groups excluding carboxylic acids is 1. The number of esters is 1. The molecule has 0 aliphatic carbocycles. The van der Waals surface area contributed by atoms with E-state index in [0.717, 1.165) is 39.9 Å². The van der Waals surface area contributed by atoms with Gasteiger partial charge in [-0.05, 0) is 88.0 Å². The fraction of sp³-hybridized carbons (Fsp3) is 0.0476. The Bertz CT molecular complexity index is 2110. The Morgan fingerprint density at radius 1 is 0.558 bits per heavy atom. The number of rotatable bonds is 8. The molecule has 0 amide bonds. The Labute approximate surface area is 296 Å². The Morgan fingerprint density at radius 3 is 1.42 bits per heavy atom. The SMILES string of the molecule is C=Cc1cc(O)ccc1F.O=C(Cc1ccc(-c2ccc(F)cc2)cc1)Oc1ccc(F)c(F)c1.O=C(O)Cc1ccc(-c2ccc(F)cc2)cc1. The molecule has 0 aliphatic rings. The number of carboxylic acids is 1. The molecule has 10 heteroatoms. The number of ether oxygens (including phenoxy) is 1. The van der Waals surface area contributed by atoms with E-state index in [1.807, 2.05) is 24.3 Å². The van der Waals surface area contributed by atoms with Crippen LogP contribution >= 0.6 is 0 Å². The lowest BCUT2D eigenvalue weighted by atomic mass is 10.0. The number of hydrogen-bond acceptors (Lipinski definition) is 4. The maximum Gasteiger partial charge on any atom is 0.315 e. The van der Waals surface area contributed by atoms with E-state index in [1.54, 1.807) is 48.5 Å². The minimum Gasteiger partial charge on any atom is -0.508 e. The van der Waals surface area contributed by atoms with Crippen molar-refractivity contribution in [3.63, 3.8) is 0 Å². The standard InChI is InChI=1S/C20H13F3O2.C14H11FO2.C8H7FO/c21-16-7-5-15(6-8-16)14-3-1-13(2-4-14)11-20(24)25-17-9-10-18(22)19(23)12-17;15-13-7-5-12(6-8-13)11-3-1-10(2-4-11)9-14(16)17;1-2-6-5-7(10)3-4-8(6)9/h1-10,12H,11H2;1-8H,9H2,(H,16,17);2-5,10H,1H2. The molecular weight excluding hydrogens is 679 g/mol. The molecule has 52 heavy (non-hydrogen) atoms. The third-order valence-corrected chi connectivity index (χ3v) is 7.29. The van der Waals surface area contributed by atoms with E-state index < -0.39 is 23.6 Å². The summed E-state index contributed by atoms with van der Waals surface area (Å²) in [5.41, 5.74) is 5.38. The largest absolute Gasteiger partial charge is 0.508 e. The van der Waals surface area contributed by atoms with Crippen LogP contribution in [0.5, 0.6) is 11.5 Å². The molecule has 0 saturated heterocycles. The summed E-state index contributed by atoms with van der Waals surface area (Å²) >= 11 is 0. The van der Waals surface area contributed by atoms with Crippen molar-refractivity contribution >= 4 is 18.0 Å². The summed E-state index contributed by atoms with van der Waals surface area (Å²) in [7, 11) is 0. The fourth-order valence-electron chi connectivity index (χ4n) is 4.65. The summed E-state index contributed by atoms with van der Waals surface area (Å²) in [4.78, 5) is 22.4. The summed E-state index contributed by atoms with van der Waals surface area (Å²) in [6.07, 6.45) is 1.36. The van der Waals surface area contributed by atoms with Crippen molar-refractivity contribution in [1.29, 1.82) is 0 Å². The number of benzene rings is 6. The lowest BCUT2D eigenvalue weighted by Crippen LogP contribution is -2.11. The minimum absolute atomic E-state index is 0.0112. The molecule has 0 aliphatic heterocycles. The molecule has 0 unspecified atom stereocenters. The van der Waals surface area contributed by atoms with Crippen LogP contribution in [-0.2, 0) is 22.4 Å². The first kappa shape index (κ1) is 38.3. The molecule has 5 nitrogen and oxygen atoms in total. The highest BCUT2D eigenvalue weighted by atomic mass is 19.2. The van der Waals surface area contributed by atoms with Gasteiger partial charge in [-0.3, -0.25) is 9.59 Å². The predicted molar refractivity (Wildman–Crippen MR) is 189 cm³/mol. The molecule has 0 atom stereocenters. The van der Waals surface area contributed by atoms with Crippen molar-refractivity contribution in [2.24, 2.45) is 0 Å². The van der Waals surface area contributed by atoms with E-state index in [2.05, 4.69) is 6.58 Å². The van der Waals surface area contributed by atoms with Crippen LogP contribution in [0.1, 0.15) is 16.7 Å². The number of phenolic OH excluding ortho intramolecular Hbond substituents is 1. The number of carbonyl (C=O) groups is 2. The fourth-order valence-corrected chi connectivity index (χ4v) is 4.65. The van der Waals surface area contributed by atoms with Gasteiger partial charge in [-0.25, -0.2) is 22.0 Å². The van der Waals surface area contributed by atoms with Gasteiger partial charge in [-0.2, -0.15) is 0 Å². The zero-order valence-corrected chi connectivity index (χ0v) is 27.4. The Kier molecular flexibility index (Phi) is 13.6. The van der Waals surface area contributed by atoms with Crippen LogP contribution in [0.2, 0.25) is 0 Å². The second kappa shape index (κ2) is 18.4. The Balaban J connectivity index is 0.000000193. The van der Waals surface area contributed by atoms with Crippen molar-refractivity contribution < 1.29 is 46.5 Å². The Morgan fingerprint density at radius 2 is 1.00 bits per heavy atom. The molecule has 6 aromatic rings. The van der Waals surface area contributed by atoms with Crippen molar-refractivity contribution in [3.05, 3.63) is 186 Å². The number of halogens is 5. The van der Waals surface area contributed by atoms with E-state index in [9.17, 15) is 31.5 Å². The maximum atomic E-state index is 13.1. The zero-order valence-electron chi connectivity index (χ0n) is 27.4. The Hall–Kier alpha value is -6.55. The number of aliphatic carboxylic acids is 1. The predicted octanol–water partition coefficient (Wildman–Crippen LogP) is 10.2. The molecule has 0 saturated carbocycles. The molecule has 0 radical (unpaired) electrons. The van der Waals surface area contributed by atoms with Gasteiger partial charge in [0.2, 0.25) is 0 Å². The van der Waals surface area contributed by atoms with Crippen LogP contribution < -0.4 is 4.74 Å². The highest BCUT2D eigenvalue weighted by molar-refractivity contribution is 5.76. The van der Waals surface area contributed by atoms with Crippen molar-refractivity contribution in [3.8, 4) is 33.8 Å². The average molecular weight is 711 g/mol. The number of carboxylic acid groups (broad SMARTS) is 1. The molecule has 0 aromatic heterocycles. The quantitative estimate of drug-likeness (QED) is 0.0934. The van der Waals surface area contributed by atoms with E-state index in [-0.39, 0.29) is 41.8 Å². The molecule has 0 fully saturated rings. The molecular formula is C42H31F5O5. The van der Waals surface area contributed by atoms with E-state index in [0.29, 0.717) is 11.1 Å². The van der Waals surface area contributed by atoms with E-state index in [1.165, 1.54) is 54.6 Å². The van der Waals surface area contributed by atoms with Gasteiger partial charge < -0.3 is 14.9 Å². The van der Waals surface area contributed by atoms with Crippen LogP contribution in [0.15, 0.2) is 140 Å². The summed E-state index contributed by atoms with van der Waals surface area (Å²) in [5, 5.41) is 17.5.